The Morgan fingerprint density at radius 1 is 1.33 bits per heavy atom. The molecule has 0 aliphatic heterocycles. The van der Waals surface area contributed by atoms with Gasteiger partial charge in [0.25, 0.3) is 0 Å². The third-order valence-corrected chi connectivity index (χ3v) is 3.13. The van der Waals surface area contributed by atoms with Crippen molar-refractivity contribution in [3.8, 4) is 5.75 Å². The van der Waals surface area contributed by atoms with Crippen LogP contribution in [0.2, 0.25) is 10.0 Å². The average Bonchev–Trinajstić information content (AvgIpc) is 2.29. The third kappa shape index (κ3) is 4.32. The first-order valence-corrected chi connectivity index (χ1v) is 6.74. The van der Waals surface area contributed by atoms with Gasteiger partial charge in [0, 0.05) is 17.1 Å². The van der Waals surface area contributed by atoms with E-state index in [2.05, 4.69) is 5.32 Å². The first-order valence-electron chi connectivity index (χ1n) is 5.99. The lowest BCUT2D eigenvalue weighted by Gasteiger charge is -2.21. The topological polar surface area (TPSA) is 41.5 Å². The quantitative estimate of drug-likeness (QED) is 0.845. The van der Waals surface area contributed by atoms with Gasteiger partial charge in [-0.15, -0.1) is 0 Å². The van der Waals surface area contributed by atoms with Gasteiger partial charge >= 0.3 is 0 Å². The van der Waals surface area contributed by atoms with E-state index in [9.17, 15) is 5.11 Å². The molecule has 1 rings (SSSR count). The number of aliphatic hydroxyl groups is 1. The molecule has 0 aliphatic carbocycles. The van der Waals surface area contributed by atoms with Crippen molar-refractivity contribution in [2.45, 2.75) is 39.5 Å². The molecule has 0 fully saturated rings. The van der Waals surface area contributed by atoms with Gasteiger partial charge in [0.1, 0.15) is 11.9 Å². The molecule has 0 aromatic heterocycles. The van der Waals surface area contributed by atoms with Crippen molar-refractivity contribution in [2.24, 2.45) is 0 Å². The molecule has 0 heterocycles. The van der Waals surface area contributed by atoms with E-state index in [1.54, 1.807) is 19.9 Å². The van der Waals surface area contributed by atoms with E-state index in [0.29, 0.717) is 22.3 Å². The minimum atomic E-state index is -0.566. The Balaban J connectivity index is 2.99. The number of rotatable bonds is 6. The van der Waals surface area contributed by atoms with Gasteiger partial charge in [-0.2, -0.15) is 0 Å². The molecule has 0 saturated carbocycles. The predicted molar refractivity (Wildman–Crippen MR) is 75.6 cm³/mol. The summed E-state index contributed by atoms with van der Waals surface area (Å²) < 4.78 is 5.71. The summed E-state index contributed by atoms with van der Waals surface area (Å²) >= 11 is 12.1. The van der Waals surface area contributed by atoms with E-state index in [0.717, 1.165) is 12.1 Å². The molecule has 2 atom stereocenters. The Morgan fingerprint density at radius 2 is 2.00 bits per heavy atom. The fraction of sp³-hybridized carbons (Fsp3) is 0.538. The van der Waals surface area contributed by atoms with E-state index < -0.39 is 6.10 Å². The standard InChI is InChI=1S/C13H19Cl2NO2/c1-4-16-7-10-5-11(14)6-12(15)13(10)18-9(3)8(2)17/h5-6,8-9,16-17H,4,7H2,1-3H3. The Bertz CT molecular complexity index is 397. The number of halogens is 2. The Kier molecular flexibility index (Phi) is 6.22. The lowest BCUT2D eigenvalue weighted by Crippen LogP contribution is -2.26. The highest BCUT2D eigenvalue weighted by Crippen LogP contribution is 2.33. The molecule has 3 nitrogen and oxygen atoms in total. The zero-order chi connectivity index (χ0) is 13.7. The average molecular weight is 292 g/mol. The van der Waals surface area contributed by atoms with E-state index in [-0.39, 0.29) is 6.10 Å². The van der Waals surface area contributed by atoms with Gasteiger partial charge in [0.05, 0.1) is 11.1 Å². The number of ether oxygens (including phenoxy) is 1. The van der Waals surface area contributed by atoms with Crippen molar-refractivity contribution in [3.05, 3.63) is 27.7 Å². The summed E-state index contributed by atoms with van der Waals surface area (Å²) in [5.41, 5.74) is 0.891. The molecule has 0 saturated heterocycles. The highest BCUT2D eigenvalue weighted by molar-refractivity contribution is 6.35. The van der Waals surface area contributed by atoms with E-state index in [1.807, 2.05) is 13.0 Å². The van der Waals surface area contributed by atoms with Crippen molar-refractivity contribution in [1.29, 1.82) is 0 Å². The summed E-state index contributed by atoms with van der Waals surface area (Å²) in [4.78, 5) is 0. The molecule has 0 spiro atoms. The molecule has 5 heteroatoms. The molecule has 102 valence electrons. The van der Waals surface area contributed by atoms with Gasteiger partial charge in [-0.3, -0.25) is 0 Å². The summed E-state index contributed by atoms with van der Waals surface area (Å²) in [6.45, 7) is 6.96. The minimum absolute atomic E-state index is 0.330. The SMILES string of the molecule is CCNCc1cc(Cl)cc(Cl)c1OC(C)C(C)O. The number of nitrogens with one attached hydrogen (secondary N) is 1. The second kappa shape index (κ2) is 7.19. The molecule has 18 heavy (non-hydrogen) atoms. The van der Waals surface area contributed by atoms with Crippen LogP contribution in [0.1, 0.15) is 26.3 Å². The fourth-order valence-corrected chi connectivity index (χ4v) is 2.00. The zero-order valence-electron chi connectivity index (χ0n) is 10.8. The van der Waals surface area contributed by atoms with Crippen molar-refractivity contribution >= 4 is 23.2 Å². The number of aliphatic hydroxyl groups excluding tert-OH is 1. The van der Waals surface area contributed by atoms with Crippen LogP contribution in [-0.4, -0.2) is 23.9 Å². The van der Waals surface area contributed by atoms with Crippen molar-refractivity contribution < 1.29 is 9.84 Å². The molecule has 0 radical (unpaired) electrons. The summed E-state index contributed by atoms with van der Waals surface area (Å²) in [5, 5.41) is 13.7. The van der Waals surface area contributed by atoms with Crippen LogP contribution in [0.15, 0.2) is 12.1 Å². The zero-order valence-corrected chi connectivity index (χ0v) is 12.3. The maximum absolute atomic E-state index is 9.48. The lowest BCUT2D eigenvalue weighted by atomic mass is 10.2. The van der Waals surface area contributed by atoms with E-state index in [1.165, 1.54) is 0 Å². The smallest absolute Gasteiger partial charge is 0.143 e. The summed E-state index contributed by atoms with van der Waals surface area (Å²) in [7, 11) is 0. The molecule has 0 bridgehead atoms. The first kappa shape index (κ1) is 15.6. The van der Waals surface area contributed by atoms with Crippen LogP contribution in [0.3, 0.4) is 0 Å². The lowest BCUT2D eigenvalue weighted by molar-refractivity contribution is 0.0598. The number of hydrogen-bond donors (Lipinski definition) is 2. The van der Waals surface area contributed by atoms with Crippen LogP contribution >= 0.6 is 23.2 Å². The molecule has 2 N–H and O–H groups in total. The summed E-state index contributed by atoms with van der Waals surface area (Å²) in [6.07, 6.45) is -0.896. The first-order chi connectivity index (χ1) is 8.45. The number of hydrogen-bond acceptors (Lipinski definition) is 3. The highest BCUT2D eigenvalue weighted by Gasteiger charge is 2.16. The van der Waals surface area contributed by atoms with Gasteiger partial charge < -0.3 is 15.2 Å². The molecule has 1 aromatic rings. The molecular weight excluding hydrogens is 273 g/mol. The van der Waals surface area contributed by atoms with Gasteiger partial charge in [-0.1, -0.05) is 30.1 Å². The molecule has 0 aliphatic rings. The largest absolute Gasteiger partial charge is 0.486 e. The third-order valence-electron chi connectivity index (χ3n) is 2.63. The van der Waals surface area contributed by atoms with Gasteiger partial charge in [-0.25, -0.2) is 0 Å². The Labute approximate surface area is 118 Å². The van der Waals surface area contributed by atoms with Gasteiger partial charge in [0.15, 0.2) is 0 Å². The maximum atomic E-state index is 9.48. The minimum Gasteiger partial charge on any atom is -0.486 e. The summed E-state index contributed by atoms with van der Waals surface area (Å²) in [6, 6.07) is 3.46. The maximum Gasteiger partial charge on any atom is 0.143 e. The molecule has 0 amide bonds. The molecule has 2 unspecified atom stereocenters. The monoisotopic (exact) mass is 291 g/mol. The van der Waals surface area contributed by atoms with E-state index >= 15 is 0 Å². The van der Waals surface area contributed by atoms with Crippen LogP contribution < -0.4 is 10.1 Å². The Hall–Kier alpha value is -0.480. The fourth-order valence-electron chi connectivity index (χ4n) is 1.42. The molecular formula is C13H19Cl2NO2. The van der Waals surface area contributed by atoms with Crippen LogP contribution in [0, 0.1) is 0 Å². The van der Waals surface area contributed by atoms with Gasteiger partial charge in [-0.05, 0) is 32.5 Å². The van der Waals surface area contributed by atoms with Crippen LogP contribution in [-0.2, 0) is 6.54 Å². The van der Waals surface area contributed by atoms with Crippen LogP contribution in [0.4, 0.5) is 0 Å². The Morgan fingerprint density at radius 3 is 2.56 bits per heavy atom. The van der Waals surface area contributed by atoms with E-state index in [4.69, 9.17) is 27.9 Å². The highest BCUT2D eigenvalue weighted by atomic mass is 35.5. The second-order valence-electron chi connectivity index (χ2n) is 4.22. The molecule has 1 aromatic carbocycles. The van der Waals surface area contributed by atoms with Gasteiger partial charge in [0.2, 0.25) is 0 Å². The van der Waals surface area contributed by atoms with Crippen LogP contribution in [0.25, 0.3) is 0 Å². The van der Waals surface area contributed by atoms with Crippen molar-refractivity contribution in [2.75, 3.05) is 6.54 Å². The van der Waals surface area contributed by atoms with Crippen LogP contribution in [0.5, 0.6) is 5.75 Å². The van der Waals surface area contributed by atoms with Crippen molar-refractivity contribution in [1.82, 2.24) is 5.32 Å². The summed E-state index contributed by atoms with van der Waals surface area (Å²) in [5.74, 6) is 0.579. The normalized spacial score (nSPS) is 14.3. The van der Waals surface area contributed by atoms with Crippen molar-refractivity contribution in [3.63, 3.8) is 0 Å². The number of benzene rings is 1. The second-order valence-corrected chi connectivity index (χ2v) is 5.06. The predicted octanol–water partition coefficient (Wildman–Crippen LogP) is 3.25.